The van der Waals surface area contributed by atoms with Crippen LogP contribution < -0.4 is 5.32 Å². The number of hydrogen-bond acceptors (Lipinski definition) is 3. The average Bonchev–Trinajstić information content (AvgIpc) is 3.15. The molecule has 0 unspecified atom stereocenters. The van der Waals surface area contributed by atoms with E-state index in [4.69, 9.17) is 39.8 Å². The van der Waals surface area contributed by atoms with Gasteiger partial charge in [0.05, 0.1) is 6.26 Å². The van der Waals surface area contributed by atoms with Crippen LogP contribution in [0.25, 0.3) is 0 Å². The van der Waals surface area contributed by atoms with E-state index in [2.05, 4.69) is 5.32 Å². The lowest BCUT2D eigenvalue weighted by molar-refractivity contribution is 0.0659. The second kappa shape index (κ2) is 8.08. The number of halogens is 2. The van der Waals surface area contributed by atoms with Crippen LogP contribution in [0, 0.1) is 0 Å². The number of carbonyl (C=O) groups excluding carboxylic acids is 1. The van der Waals surface area contributed by atoms with Gasteiger partial charge >= 0.3 is 0 Å². The number of rotatable bonds is 3. The van der Waals surface area contributed by atoms with Crippen molar-refractivity contribution in [1.29, 1.82) is 0 Å². The summed E-state index contributed by atoms with van der Waals surface area (Å²) in [5, 5.41) is 5.07. The van der Waals surface area contributed by atoms with Crippen LogP contribution >= 0.6 is 35.4 Å². The molecule has 8 heteroatoms. The van der Waals surface area contributed by atoms with Crippen molar-refractivity contribution < 1.29 is 9.21 Å². The lowest BCUT2D eigenvalue weighted by Gasteiger charge is -2.35. The zero-order valence-corrected chi connectivity index (χ0v) is 15.7. The van der Waals surface area contributed by atoms with Crippen LogP contribution in [0.5, 0.6) is 0 Å². The quantitative estimate of drug-likeness (QED) is 0.803. The van der Waals surface area contributed by atoms with Crippen LogP contribution in [-0.4, -0.2) is 47.0 Å². The highest BCUT2D eigenvalue weighted by Gasteiger charge is 2.24. The largest absolute Gasteiger partial charge is 0.459 e. The fourth-order valence-electron chi connectivity index (χ4n) is 2.62. The monoisotopic (exact) mass is 397 g/mol. The molecule has 132 valence electrons. The number of furan rings is 1. The van der Waals surface area contributed by atoms with Crippen molar-refractivity contribution in [3.05, 3.63) is 58.0 Å². The number of carbonyl (C=O) groups is 1. The van der Waals surface area contributed by atoms with E-state index in [1.54, 1.807) is 29.2 Å². The Morgan fingerprint density at radius 1 is 1.16 bits per heavy atom. The maximum Gasteiger partial charge on any atom is 0.289 e. The molecule has 0 atom stereocenters. The molecule has 2 aromatic rings. The Balaban J connectivity index is 1.49. The molecule has 1 N–H and O–H groups in total. The smallest absolute Gasteiger partial charge is 0.289 e. The summed E-state index contributed by atoms with van der Waals surface area (Å²) in [6.45, 7) is 3.08. The summed E-state index contributed by atoms with van der Waals surface area (Å²) in [7, 11) is 0. The lowest BCUT2D eigenvalue weighted by Crippen LogP contribution is -2.52. The van der Waals surface area contributed by atoms with Crippen LogP contribution in [0.1, 0.15) is 16.1 Å². The lowest BCUT2D eigenvalue weighted by atomic mass is 10.2. The Morgan fingerprint density at radius 2 is 1.88 bits per heavy atom. The first-order valence-corrected chi connectivity index (χ1v) is 9.00. The van der Waals surface area contributed by atoms with Gasteiger partial charge in [-0.3, -0.25) is 4.79 Å². The second-order valence-corrected chi connectivity index (χ2v) is 6.88. The molecular weight excluding hydrogens is 381 g/mol. The molecule has 5 nitrogen and oxygen atoms in total. The predicted molar refractivity (Wildman–Crippen MR) is 102 cm³/mol. The first kappa shape index (κ1) is 18.0. The van der Waals surface area contributed by atoms with Gasteiger partial charge in [0.15, 0.2) is 10.9 Å². The molecule has 3 rings (SSSR count). The summed E-state index contributed by atoms with van der Waals surface area (Å²) in [4.78, 5) is 16.1. The van der Waals surface area contributed by atoms with E-state index in [0.717, 1.165) is 5.56 Å². The molecular formula is C17H17Cl2N3O2S. The maximum atomic E-state index is 12.3. The normalized spacial score (nSPS) is 14.5. The van der Waals surface area contributed by atoms with Gasteiger partial charge < -0.3 is 19.5 Å². The summed E-state index contributed by atoms with van der Waals surface area (Å²) in [5.41, 5.74) is 0.931. The van der Waals surface area contributed by atoms with E-state index in [1.807, 2.05) is 11.0 Å². The summed E-state index contributed by atoms with van der Waals surface area (Å²) < 4.78 is 5.17. The van der Waals surface area contributed by atoms with E-state index in [1.165, 1.54) is 6.26 Å². The van der Waals surface area contributed by atoms with E-state index in [0.29, 0.717) is 53.6 Å². The Bertz CT molecular complexity index is 759. The first-order chi connectivity index (χ1) is 12.0. The molecule has 2 heterocycles. The van der Waals surface area contributed by atoms with Crippen molar-refractivity contribution >= 4 is 46.4 Å². The predicted octanol–water partition coefficient (Wildman–Crippen LogP) is 3.42. The van der Waals surface area contributed by atoms with Crippen molar-refractivity contribution in [3.63, 3.8) is 0 Å². The highest BCUT2D eigenvalue weighted by molar-refractivity contribution is 7.80. The van der Waals surface area contributed by atoms with E-state index in [9.17, 15) is 4.79 Å². The average molecular weight is 398 g/mol. The summed E-state index contributed by atoms with van der Waals surface area (Å²) in [5.74, 6) is 0.281. The van der Waals surface area contributed by atoms with Gasteiger partial charge in [-0.25, -0.2) is 0 Å². The van der Waals surface area contributed by atoms with Gasteiger partial charge in [-0.2, -0.15) is 0 Å². The SMILES string of the molecule is O=C(c1ccco1)N1CCN(C(=S)NCc2ccc(Cl)cc2Cl)CC1. The first-order valence-electron chi connectivity index (χ1n) is 7.84. The number of amides is 1. The standard InChI is InChI=1S/C17H17Cl2N3O2S/c18-13-4-3-12(14(19)10-13)11-20-17(25)22-7-5-21(6-8-22)16(23)15-2-1-9-24-15/h1-4,9-10H,5-8,11H2,(H,20,25). The molecule has 1 aliphatic heterocycles. The topological polar surface area (TPSA) is 48.7 Å². The second-order valence-electron chi connectivity index (χ2n) is 5.65. The number of piperazine rings is 1. The van der Waals surface area contributed by atoms with Crippen molar-refractivity contribution in [3.8, 4) is 0 Å². The Kier molecular flexibility index (Phi) is 5.83. The molecule has 0 spiro atoms. The van der Waals surface area contributed by atoms with Gasteiger partial charge in [0, 0.05) is 42.8 Å². The van der Waals surface area contributed by atoms with E-state index < -0.39 is 0 Å². The highest BCUT2D eigenvalue weighted by atomic mass is 35.5. The zero-order chi connectivity index (χ0) is 17.8. The van der Waals surface area contributed by atoms with E-state index >= 15 is 0 Å². The molecule has 0 saturated carbocycles. The minimum Gasteiger partial charge on any atom is -0.459 e. The molecule has 1 aromatic heterocycles. The molecule has 1 saturated heterocycles. The molecule has 1 aliphatic rings. The van der Waals surface area contributed by atoms with Crippen LogP contribution in [0.4, 0.5) is 0 Å². The number of hydrogen-bond donors (Lipinski definition) is 1. The molecule has 1 amide bonds. The third-order valence-corrected chi connectivity index (χ3v) is 5.02. The number of nitrogens with zero attached hydrogens (tertiary/aromatic N) is 2. The van der Waals surface area contributed by atoms with Crippen LogP contribution in [0.2, 0.25) is 10.0 Å². The Morgan fingerprint density at radius 3 is 2.52 bits per heavy atom. The van der Waals surface area contributed by atoms with E-state index in [-0.39, 0.29) is 5.91 Å². The molecule has 25 heavy (non-hydrogen) atoms. The van der Waals surface area contributed by atoms with Crippen molar-refractivity contribution in [2.75, 3.05) is 26.2 Å². The minimum atomic E-state index is -0.0866. The van der Waals surface area contributed by atoms with Gasteiger partial charge in [0.1, 0.15) is 0 Å². The molecule has 0 aliphatic carbocycles. The van der Waals surface area contributed by atoms with Gasteiger partial charge in [-0.15, -0.1) is 0 Å². The third-order valence-electron chi connectivity index (χ3n) is 4.03. The molecule has 1 fully saturated rings. The fraction of sp³-hybridized carbons (Fsp3) is 0.294. The van der Waals surface area contributed by atoms with Crippen molar-refractivity contribution in [2.45, 2.75) is 6.54 Å². The van der Waals surface area contributed by atoms with Gasteiger partial charge in [-0.05, 0) is 42.0 Å². The molecule has 0 bridgehead atoms. The number of thiocarbonyl (C=S) groups is 1. The summed E-state index contributed by atoms with van der Waals surface area (Å²) in [6, 6.07) is 8.77. The molecule has 0 radical (unpaired) electrons. The number of benzene rings is 1. The summed E-state index contributed by atoms with van der Waals surface area (Å²) >= 11 is 17.5. The highest BCUT2D eigenvalue weighted by Crippen LogP contribution is 2.20. The van der Waals surface area contributed by atoms with Gasteiger partial charge in [0.2, 0.25) is 0 Å². The Labute approximate surface area is 161 Å². The maximum absolute atomic E-state index is 12.3. The summed E-state index contributed by atoms with van der Waals surface area (Å²) in [6.07, 6.45) is 1.50. The molecule has 1 aromatic carbocycles. The third kappa shape index (κ3) is 4.45. The van der Waals surface area contributed by atoms with Crippen LogP contribution in [-0.2, 0) is 6.54 Å². The van der Waals surface area contributed by atoms with Crippen molar-refractivity contribution in [1.82, 2.24) is 15.1 Å². The van der Waals surface area contributed by atoms with Gasteiger partial charge in [-0.1, -0.05) is 29.3 Å². The van der Waals surface area contributed by atoms with Crippen LogP contribution in [0.3, 0.4) is 0 Å². The Hall–Kier alpha value is -1.76. The van der Waals surface area contributed by atoms with Crippen LogP contribution in [0.15, 0.2) is 41.0 Å². The fourth-order valence-corrected chi connectivity index (χ4v) is 3.35. The zero-order valence-electron chi connectivity index (χ0n) is 13.4. The number of nitrogens with one attached hydrogen (secondary N) is 1. The minimum absolute atomic E-state index is 0.0866. The van der Waals surface area contributed by atoms with Crippen molar-refractivity contribution in [2.24, 2.45) is 0 Å². The van der Waals surface area contributed by atoms with Gasteiger partial charge in [0.25, 0.3) is 5.91 Å².